The Hall–Kier alpha value is -4.06. The molecule has 0 aromatic heterocycles. The smallest absolute Gasteiger partial charge is 0.408 e. The van der Waals surface area contributed by atoms with Gasteiger partial charge in [0.25, 0.3) is 0 Å². The van der Waals surface area contributed by atoms with E-state index in [4.69, 9.17) is 4.74 Å². The van der Waals surface area contributed by atoms with Crippen LogP contribution in [0.1, 0.15) is 57.7 Å². The molecule has 3 N–H and O–H groups in total. The van der Waals surface area contributed by atoms with E-state index in [0.29, 0.717) is 12.8 Å². The predicted molar refractivity (Wildman–Crippen MR) is 167 cm³/mol. The molecule has 0 radical (unpaired) electrons. The molecule has 3 atom stereocenters. The van der Waals surface area contributed by atoms with Crippen molar-refractivity contribution in [2.45, 2.75) is 90.6 Å². The number of halogens is 2. The largest absolute Gasteiger partial charge is 0.461 e. The molecule has 10 nitrogen and oxygen atoms in total. The molecule has 0 fully saturated rings. The fourth-order valence-corrected chi connectivity index (χ4v) is 5.51. The lowest BCUT2D eigenvalue weighted by molar-refractivity contribution is -0.192. The summed E-state index contributed by atoms with van der Waals surface area (Å²) in [5.41, 5.74) is 2.77. The molecule has 3 rings (SSSR count). The first-order valence-electron chi connectivity index (χ1n) is 15.6. The van der Waals surface area contributed by atoms with Crippen molar-refractivity contribution >= 4 is 23.9 Å². The molecule has 1 aliphatic rings. The molecule has 12 heteroatoms. The fourth-order valence-electron chi connectivity index (χ4n) is 5.51. The third kappa shape index (κ3) is 9.72. The van der Waals surface area contributed by atoms with Crippen molar-refractivity contribution in [2.75, 3.05) is 13.2 Å². The molecule has 46 heavy (non-hydrogen) atoms. The average molecular weight is 646 g/mol. The van der Waals surface area contributed by atoms with E-state index in [2.05, 4.69) is 15.4 Å². The second kappa shape index (κ2) is 16.5. The minimum Gasteiger partial charge on any atom is -0.461 e. The Morgan fingerprint density at radius 2 is 1.52 bits per heavy atom. The molecular formula is C34H45F2N3O7. The second-order valence-corrected chi connectivity index (χ2v) is 12.3. The van der Waals surface area contributed by atoms with Gasteiger partial charge in [-0.3, -0.25) is 9.59 Å². The van der Waals surface area contributed by atoms with Gasteiger partial charge in [0, 0.05) is 6.04 Å². The van der Waals surface area contributed by atoms with E-state index in [1.165, 1.54) is 11.8 Å². The molecule has 0 saturated carbocycles. The summed E-state index contributed by atoms with van der Waals surface area (Å²) in [6.07, 6.45) is -2.57. The molecule has 1 unspecified atom stereocenters. The maximum absolute atomic E-state index is 14.8. The number of aliphatic hydroxyl groups is 1. The van der Waals surface area contributed by atoms with Crippen molar-refractivity contribution in [3.05, 3.63) is 71.3 Å². The van der Waals surface area contributed by atoms with Crippen LogP contribution in [-0.4, -0.2) is 77.2 Å². The van der Waals surface area contributed by atoms with E-state index in [1.54, 1.807) is 39.8 Å². The molecular weight excluding hydrogens is 600 g/mol. The van der Waals surface area contributed by atoms with Gasteiger partial charge >= 0.3 is 18.0 Å². The molecule has 252 valence electrons. The number of fused-ring (bicyclic) bond motifs is 1. The van der Waals surface area contributed by atoms with E-state index in [-0.39, 0.29) is 25.6 Å². The lowest BCUT2D eigenvalue weighted by Gasteiger charge is -2.35. The van der Waals surface area contributed by atoms with Crippen molar-refractivity contribution < 1.29 is 42.5 Å². The van der Waals surface area contributed by atoms with Crippen molar-refractivity contribution in [2.24, 2.45) is 11.8 Å². The summed E-state index contributed by atoms with van der Waals surface area (Å²) >= 11 is 0. The van der Waals surface area contributed by atoms with E-state index in [9.17, 15) is 33.1 Å². The number of hydrogen-bond donors (Lipinski definition) is 3. The number of esters is 1. The third-order valence-electron chi connectivity index (χ3n) is 7.86. The third-order valence-corrected chi connectivity index (χ3v) is 7.86. The summed E-state index contributed by atoms with van der Waals surface area (Å²) < 4.78 is 39.5. The Morgan fingerprint density at radius 1 is 0.935 bits per heavy atom. The van der Waals surface area contributed by atoms with Gasteiger partial charge in [-0.05, 0) is 54.7 Å². The number of benzene rings is 2. The maximum Gasteiger partial charge on any atom is 0.408 e. The van der Waals surface area contributed by atoms with Crippen LogP contribution in [0.5, 0.6) is 0 Å². The molecule has 0 spiro atoms. The van der Waals surface area contributed by atoms with Crippen LogP contribution in [0.2, 0.25) is 0 Å². The Bertz CT molecular complexity index is 1310. The molecule has 0 heterocycles. The topological polar surface area (TPSA) is 134 Å². The molecule has 1 aliphatic carbocycles. The second-order valence-electron chi connectivity index (χ2n) is 12.3. The Morgan fingerprint density at radius 3 is 2.07 bits per heavy atom. The predicted octanol–water partition coefficient (Wildman–Crippen LogP) is 4.02. The van der Waals surface area contributed by atoms with Gasteiger partial charge in [0.15, 0.2) is 0 Å². The number of alkyl carbamates (subject to hydrolysis) is 1. The van der Waals surface area contributed by atoms with Crippen molar-refractivity contribution in [1.29, 1.82) is 0 Å². The van der Waals surface area contributed by atoms with E-state index in [1.807, 2.05) is 42.5 Å². The number of aliphatic hydroxyl groups excluding tert-OH is 1. The number of nitrogens with zero attached hydrogens (tertiary/aromatic N) is 1. The Balaban J connectivity index is 1.83. The summed E-state index contributed by atoms with van der Waals surface area (Å²) in [4.78, 5) is 53.7. The molecule has 2 aromatic rings. The number of alkyl halides is 2. The molecule has 0 aliphatic heterocycles. The van der Waals surface area contributed by atoms with Crippen LogP contribution in [0.3, 0.4) is 0 Å². The fraction of sp³-hybridized carbons (Fsp3) is 0.529. The first-order chi connectivity index (χ1) is 21.7. The highest BCUT2D eigenvalue weighted by Gasteiger charge is 2.52. The number of ether oxygens (including phenoxy) is 2. The van der Waals surface area contributed by atoms with Crippen molar-refractivity contribution in [1.82, 2.24) is 15.5 Å². The monoisotopic (exact) mass is 645 g/mol. The number of amides is 3. The highest BCUT2D eigenvalue weighted by molar-refractivity contribution is 5.90. The van der Waals surface area contributed by atoms with Gasteiger partial charge in [-0.2, -0.15) is 8.78 Å². The molecule has 3 amide bonds. The molecule has 2 aromatic carbocycles. The number of carbonyl (C=O) groups excluding carboxylic acids is 4. The quantitative estimate of drug-likeness (QED) is 0.249. The Labute approximate surface area is 268 Å². The van der Waals surface area contributed by atoms with Gasteiger partial charge < -0.3 is 30.1 Å². The first kappa shape index (κ1) is 36.4. The number of nitrogens with one attached hydrogen (secondary N) is 2. The zero-order valence-corrected chi connectivity index (χ0v) is 27.0. The Kier molecular flexibility index (Phi) is 13.0. The van der Waals surface area contributed by atoms with Crippen LogP contribution in [0.15, 0.2) is 54.6 Å². The van der Waals surface area contributed by atoms with Gasteiger partial charge in [0.05, 0.1) is 19.2 Å². The van der Waals surface area contributed by atoms with Gasteiger partial charge in [-0.1, -0.05) is 82.3 Å². The van der Waals surface area contributed by atoms with Crippen molar-refractivity contribution in [3.63, 3.8) is 0 Å². The van der Waals surface area contributed by atoms with Gasteiger partial charge in [-0.15, -0.1) is 0 Å². The van der Waals surface area contributed by atoms with Crippen LogP contribution in [-0.2, 0) is 43.3 Å². The van der Waals surface area contributed by atoms with Crippen LogP contribution in [0.25, 0.3) is 0 Å². The van der Waals surface area contributed by atoms with Gasteiger partial charge in [-0.25, -0.2) is 9.59 Å². The maximum atomic E-state index is 14.8. The molecule has 0 bridgehead atoms. The summed E-state index contributed by atoms with van der Waals surface area (Å²) in [5.74, 6) is -8.16. The normalized spacial score (nSPS) is 15.1. The summed E-state index contributed by atoms with van der Waals surface area (Å²) in [7, 11) is 0. The highest BCUT2D eigenvalue weighted by Crippen LogP contribution is 2.28. The van der Waals surface area contributed by atoms with Crippen LogP contribution >= 0.6 is 0 Å². The van der Waals surface area contributed by atoms with Gasteiger partial charge in [0.1, 0.15) is 18.8 Å². The number of hydrogen-bond acceptors (Lipinski definition) is 7. The molecule has 0 saturated heterocycles. The van der Waals surface area contributed by atoms with Crippen LogP contribution in [0, 0.1) is 11.8 Å². The number of carbonyl (C=O) groups is 4. The zero-order chi connectivity index (χ0) is 34.0. The minimum absolute atomic E-state index is 0.00820. The summed E-state index contributed by atoms with van der Waals surface area (Å²) in [6, 6.07) is 13.6. The lowest BCUT2D eigenvalue weighted by atomic mass is 9.95. The highest BCUT2D eigenvalue weighted by atomic mass is 19.3. The summed E-state index contributed by atoms with van der Waals surface area (Å²) in [5, 5.41) is 15.7. The van der Waals surface area contributed by atoms with Crippen LogP contribution < -0.4 is 10.6 Å². The number of rotatable bonds is 15. The zero-order valence-electron chi connectivity index (χ0n) is 27.0. The lowest BCUT2D eigenvalue weighted by Crippen LogP contribution is -2.59. The standard InChI is InChI=1S/C34H45F2N3O7/c1-6-45-32(43)34(35,36)30(41)27(16-21(2)3)37-28(40)19-39(26-17-24-14-10-11-15-25(24)18-26)31(42)29(22(4)5)38-33(44)46-20-23-12-8-7-9-13-23/h7-15,21-22,26-27,29-30,41H,6,16-20H2,1-5H3,(H,37,40)(H,38,44)/t27-,29-,30?/m0/s1. The van der Waals surface area contributed by atoms with E-state index in [0.717, 1.165) is 16.7 Å². The van der Waals surface area contributed by atoms with E-state index >= 15 is 0 Å². The van der Waals surface area contributed by atoms with Gasteiger partial charge in [0.2, 0.25) is 11.8 Å². The van der Waals surface area contributed by atoms with Crippen LogP contribution in [0.4, 0.5) is 13.6 Å². The SMILES string of the molecule is CCOC(=O)C(F)(F)C(O)[C@H](CC(C)C)NC(=O)CN(C(=O)[C@@H](NC(=O)OCc1ccccc1)C(C)C)C1Cc2ccccc2C1. The first-order valence-corrected chi connectivity index (χ1v) is 15.6. The average Bonchev–Trinajstić information content (AvgIpc) is 3.44. The minimum atomic E-state index is -4.28. The summed E-state index contributed by atoms with van der Waals surface area (Å²) in [6.45, 7) is 7.43. The van der Waals surface area contributed by atoms with Crippen molar-refractivity contribution in [3.8, 4) is 0 Å². The van der Waals surface area contributed by atoms with E-state index < -0.39 is 66.5 Å².